The zero-order valence-corrected chi connectivity index (χ0v) is 9.61. The topological polar surface area (TPSA) is 3.24 Å². The number of hydrogen-bond donors (Lipinski definition) is 0. The van der Waals surface area contributed by atoms with Crippen molar-refractivity contribution in [1.29, 1.82) is 0 Å². The van der Waals surface area contributed by atoms with Gasteiger partial charge in [0.25, 0.3) is 0 Å². The Balaban J connectivity index is 1.93. The second-order valence-electron chi connectivity index (χ2n) is 5.31. The Bertz CT molecular complexity index is 371. The van der Waals surface area contributed by atoms with Crippen LogP contribution >= 0.6 is 0 Å². The van der Waals surface area contributed by atoms with Crippen LogP contribution in [0.2, 0.25) is 0 Å². The van der Waals surface area contributed by atoms with Gasteiger partial charge < -0.3 is 4.90 Å². The first-order valence-corrected chi connectivity index (χ1v) is 6.01. The molecule has 0 N–H and O–H groups in total. The summed E-state index contributed by atoms with van der Waals surface area (Å²) in [6.45, 7) is 3.58. The Kier molecular flexibility index (Phi) is 2.10. The highest BCUT2D eigenvalue weighted by Gasteiger charge is 2.43. The number of piperidine rings is 1. The number of likely N-dealkylation sites (tertiary alicyclic amines) is 1. The van der Waals surface area contributed by atoms with Gasteiger partial charge in [-0.15, -0.1) is 0 Å². The van der Waals surface area contributed by atoms with Crippen molar-refractivity contribution in [3.05, 3.63) is 35.4 Å². The molecule has 3 rings (SSSR count). The highest BCUT2D eigenvalue weighted by atomic mass is 15.2. The normalized spacial score (nSPS) is 34.9. The summed E-state index contributed by atoms with van der Waals surface area (Å²) >= 11 is 0. The Morgan fingerprint density at radius 2 is 2.00 bits per heavy atom. The Hall–Kier alpha value is -0.820. The number of benzene rings is 1. The first kappa shape index (κ1) is 9.41. The maximum atomic E-state index is 2.56. The predicted molar refractivity (Wildman–Crippen MR) is 63.1 cm³/mol. The average molecular weight is 201 g/mol. The fraction of sp³-hybridized carbons (Fsp3) is 0.571. The van der Waals surface area contributed by atoms with Crippen LogP contribution in [0.4, 0.5) is 0 Å². The van der Waals surface area contributed by atoms with Crippen molar-refractivity contribution in [2.45, 2.75) is 31.7 Å². The fourth-order valence-corrected chi connectivity index (χ4v) is 3.63. The molecule has 0 radical (unpaired) electrons. The second kappa shape index (κ2) is 3.34. The molecular weight excluding hydrogens is 182 g/mol. The number of aryl methyl sites for hydroxylation is 1. The Morgan fingerprint density at radius 3 is 2.67 bits per heavy atom. The maximum absolute atomic E-state index is 2.56. The van der Waals surface area contributed by atoms with Crippen molar-refractivity contribution in [2.75, 3.05) is 13.6 Å². The minimum Gasteiger partial charge on any atom is -0.303 e. The van der Waals surface area contributed by atoms with E-state index in [1.54, 1.807) is 5.56 Å². The molecule has 1 nitrogen and oxygen atoms in total. The molecule has 2 bridgehead atoms. The van der Waals surface area contributed by atoms with Gasteiger partial charge in [0.05, 0.1) is 0 Å². The van der Waals surface area contributed by atoms with Crippen molar-refractivity contribution in [3.63, 3.8) is 0 Å². The van der Waals surface area contributed by atoms with Gasteiger partial charge in [0.15, 0.2) is 0 Å². The molecule has 1 saturated heterocycles. The van der Waals surface area contributed by atoms with Gasteiger partial charge in [0.1, 0.15) is 0 Å². The van der Waals surface area contributed by atoms with E-state index in [1.165, 1.54) is 24.9 Å². The van der Waals surface area contributed by atoms with E-state index in [0.29, 0.717) is 0 Å². The molecule has 1 aromatic rings. The molecule has 0 amide bonds. The molecule has 1 aliphatic heterocycles. The Morgan fingerprint density at radius 1 is 1.20 bits per heavy atom. The van der Waals surface area contributed by atoms with Crippen LogP contribution in [-0.2, 0) is 0 Å². The van der Waals surface area contributed by atoms with E-state index in [4.69, 9.17) is 0 Å². The maximum Gasteiger partial charge on any atom is 0.0164 e. The fourth-order valence-electron chi connectivity index (χ4n) is 3.63. The van der Waals surface area contributed by atoms with Gasteiger partial charge in [-0.2, -0.15) is 0 Å². The summed E-state index contributed by atoms with van der Waals surface area (Å²) in [4.78, 5) is 2.56. The monoisotopic (exact) mass is 201 g/mol. The minimum atomic E-state index is 0.801. The highest BCUT2D eigenvalue weighted by Crippen LogP contribution is 2.46. The first-order valence-electron chi connectivity index (χ1n) is 6.01. The molecule has 3 atom stereocenters. The summed E-state index contributed by atoms with van der Waals surface area (Å²) in [5, 5.41) is 0. The molecule has 1 aromatic carbocycles. The molecule has 2 aliphatic rings. The van der Waals surface area contributed by atoms with Crippen LogP contribution in [0.3, 0.4) is 0 Å². The van der Waals surface area contributed by atoms with Crippen LogP contribution in [0.25, 0.3) is 0 Å². The van der Waals surface area contributed by atoms with Crippen LogP contribution in [0, 0.1) is 12.8 Å². The molecule has 1 saturated carbocycles. The lowest BCUT2D eigenvalue weighted by Gasteiger charge is -2.31. The molecule has 1 aliphatic carbocycles. The molecule has 2 fully saturated rings. The number of nitrogens with zero attached hydrogens (tertiary/aromatic N) is 1. The average Bonchev–Trinajstić information content (AvgIpc) is 2.76. The predicted octanol–water partition coefficient (Wildman–Crippen LogP) is 2.80. The number of fused-ring (bicyclic) bond motifs is 2. The number of rotatable bonds is 1. The lowest BCUT2D eigenvalue weighted by molar-refractivity contribution is 0.234. The van der Waals surface area contributed by atoms with Crippen LogP contribution < -0.4 is 0 Å². The lowest BCUT2D eigenvalue weighted by Crippen LogP contribution is -2.33. The second-order valence-corrected chi connectivity index (χ2v) is 5.31. The van der Waals surface area contributed by atoms with Crippen LogP contribution in [0.1, 0.15) is 29.9 Å². The summed E-state index contributed by atoms with van der Waals surface area (Å²) in [6.07, 6.45) is 2.84. The van der Waals surface area contributed by atoms with Gasteiger partial charge in [-0.05, 0) is 43.9 Å². The van der Waals surface area contributed by atoms with E-state index < -0.39 is 0 Å². The zero-order valence-electron chi connectivity index (χ0n) is 9.61. The van der Waals surface area contributed by atoms with Crippen molar-refractivity contribution in [2.24, 2.45) is 5.92 Å². The summed E-state index contributed by atoms with van der Waals surface area (Å²) in [5.74, 6) is 1.76. The molecule has 1 heterocycles. The summed E-state index contributed by atoms with van der Waals surface area (Å²) in [6, 6.07) is 9.73. The third-order valence-electron chi connectivity index (χ3n) is 4.33. The third kappa shape index (κ3) is 1.41. The number of likely N-dealkylation sites (N-methyl/N-ethyl adjacent to an activating group) is 1. The van der Waals surface area contributed by atoms with Crippen LogP contribution in [-0.4, -0.2) is 24.5 Å². The molecule has 3 unspecified atom stereocenters. The molecule has 80 valence electrons. The van der Waals surface area contributed by atoms with Crippen LogP contribution in [0.5, 0.6) is 0 Å². The van der Waals surface area contributed by atoms with Crippen LogP contribution in [0.15, 0.2) is 24.3 Å². The molecule has 0 spiro atoms. The molecule has 15 heavy (non-hydrogen) atoms. The molecule has 1 heteroatoms. The van der Waals surface area contributed by atoms with Gasteiger partial charge in [-0.1, -0.05) is 24.3 Å². The highest BCUT2D eigenvalue weighted by molar-refractivity contribution is 5.32. The van der Waals surface area contributed by atoms with E-state index >= 15 is 0 Å². The summed E-state index contributed by atoms with van der Waals surface area (Å²) < 4.78 is 0. The Labute approximate surface area is 92.1 Å². The quantitative estimate of drug-likeness (QED) is 0.675. The standard InChI is InChI=1S/C14H19N/c1-10-5-3-4-6-12(10)13-7-11-8-14(13)15(2)9-11/h3-6,11,13-14H,7-9H2,1-2H3. The van der Waals surface area contributed by atoms with Crippen molar-refractivity contribution in [1.82, 2.24) is 4.90 Å². The van der Waals surface area contributed by atoms with Crippen molar-refractivity contribution >= 4 is 0 Å². The van der Waals surface area contributed by atoms with E-state index in [-0.39, 0.29) is 0 Å². The molecular formula is C14H19N. The smallest absolute Gasteiger partial charge is 0.0164 e. The SMILES string of the molecule is Cc1ccccc1C1CC2CC1N(C)C2. The van der Waals surface area contributed by atoms with E-state index in [0.717, 1.165) is 17.9 Å². The van der Waals surface area contributed by atoms with Crippen molar-refractivity contribution in [3.8, 4) is 0 Å². The van der Waals surface area contributed by atoms with Gasteiger partial charge in [-0.25, -0.2) is 0 Å². The van der Waals surface area contributed by atoms with Gasteiger partial charge in [-0.3, -0.25) is 0 Å². The first-order chi connectivity index (χ1) is 7.25. The van der Waals surface area contributed by atoms with E-state index in [2.05, 4.69) is 43.1 Å². The summed E-state index contributed by atoms with van der Waals surface area (Å²) in [5.41, 5.74) is 3.07. The van der Waals surface area contributed by atoms with Gasteiger partial charge in [0, 0.05) is 18.5 Å². The number of hydrogen-bond acceptors (Lipinski definition) is 1. The van der Waals surface area contributed by atoms with E-state index in [1.807, 2.05) is 0 Å². The van der Waals surface area contributed by atoms with Gasteiger partial charge >= 0.3 is 0 Å². The summed E-state index contributed by atoms with van der Waals surface area (Å²) in [7, 11) is 2.29. The zero-order chi connectivity index (χ0) is 10.4. The minimum absolute atomic E-state index is 0.801. The molecule has 0 aromatic heterocycles. The lowest BCUT2D eigenvalue weighted by atomic mass is 9.88. The largest absolute Gasteiger partial charge is 0.303 e. The van der Waals surface area contributed by atoms with Crippen molar-refractivity contribution < 1.29 is 0 Å². The van der Waals surface area contributed by atoms with E-state index in [9.17, 15) is 0 Å². The third-order valence-corrected chi connectivity index (χ3v) is 4.33. The van der Waals surface area contributed by atoms with Gasteiger partial charge in [0.2, 0.25) is 0 Å².